The molecule has 3 radical (unpaired) electrons. The van der Waals surface area contributed by atoms with Gasteiger partial charge in [0.25, 0.3) is 0 Å². The average Bonchev–Trinajstić information content (AvgIpc) is 0. The van der Waals surface area contributed by atoms with Gasteiger partial charge in [0.2, 0.25) is 0 Å². The molecule has 0 aliphatic carbocycles. The Morgan fingerprint density at radius 1 is 1.00 bits per heavy atom. The van der Waals surface area contributed by atoms with Gasteiger partial charge in [0, 0.05) is 22.4 Å². The molecule has 0 aromatic rings. The van der Waals surface area contributed by atoms with E-state index in [1.54, 1.807) is 0 Å². The summed E-state index contributed by atoms with van der Waals surface area (Å²) in [5.74, 6) is 0. The van der Waals surface area contributed by atoms with Crippen LogP contribution in [0.3, 0.4) is 0 Å². The van der Waals surface area contributed by atoms with Gasteiger partial charge in [0.1, 0.15) is 0 Å². The van der Waals surface area contributed by atoms with Crippen molar-refractivity contribution in [3.63, 3.8) is 0 Å². The normalized spacial score (nSPS) is 0. The number of hydrogen-bond donors (Lipinski definition) is 0. The van der Waals surface area contributed by atoms with Crippen molar-refractivity contribution < 1.29 is 27.9 Å². The van der Waals surface area contributed by atoms with Crippen LogP contribution in [0.25, 0.3) is 0 Å². The molecule has 0 aliphatic rings. The van der Waals surface area contributed by atoms with Crippen molar-refractivity contribution in [1.29, 1.82) is 0 Å². The van der Waals surface area contributed by atoms with E-state index >= 15 is 0 Å². The van der Waals surface area contributed by atoms with Gasteiger partial charge >= 0.3 is 69.5 Å². The molecule has 0 saturated heterocycles. The molecule has 0 rings (SSSR count). The predicted molar refractivity (Wildman–Crippen MR) is 32.0 cm³/mol. The number of hydrogen-bond acceptors (Lipinski definition) is 0. The summed E-state index contributed by atoms with van der Waals surface area (Å²) < 4.78 is 0. The molecule has 0 aromatic heterocycles. The fraction of sp³-hybridized carbons (Fsp3) is 0. The van der Waals surface area contributed by atoms with E-state index in [9.17, 15) is 0 Å². The molecule has 0 heterocycles. The summed E-state index contributed by atoms with van der Waals surface area (Å²) in [4.78, 5) is 0. The van der Waals surface area contributed by atoms with Crippen LogP contribution in [-0.2, 0) is 22.4 Å². The van der Waals surface area contributed by atoms with Gasteiger partial charge in [-0.15, -0.1) is 0 Å². The van der Waals surface area contributed by atoms with E-state index in [1.165, 1.54) is 0 Å². The molecular formula is H10GaInNbOSn. The van der Waals surface area contributed by atoms with Gasteiger partial charge in [-0.05, 0) is 0 Å². The standard InChI is InChI=1S/Ga.In.Nb.H2O.Sn.8H/h;;;1H2;;;;;;;;;. The van der Waals surface area contributed by atoms with E-state index in [4.69, 9.17) is 0 Å². The van der Waals surface area contributed by atoms with E-state index in [-0.39, 0.29) is 97.4 Å². The Balaban J connectivity index is 0. The van der Waals surface area contributed by atoms with Crippen LogP contribution in [0.15, 0.2) is 0 Å². The van der Waals surface area contributed by atoms with Crippen LogP contribution >= 0.6 is 0 Å². The maximum atomic E-state index is 0. The topological polar surface area (TPSA) is 31.5 Å². The zero-order valence-electron chi connectivity index (χ0n) is 1.65. The van der Waals surface area contributed by atoms with Crippen molar-refractivity contribution in [2.45, 2.75) is 0 Å². The van der Waals surface area contributed by atoms with E-state index in [0.717, 1.165) is 0 Å². The Morgan fingerprint density at radius 3 is 1.00 bits per heavy atom. The number of rotatable bonds is 0. The Hall–Kier alpha value is 3.01. The van der Waals surface area contributed by atoms with Crippen molar-refractivity contribution in [2.24, 2.45) is 0 Å². The van der Waals surface area contributed by atoms with Gasteiger partial charge in [0.05, 0.1) is 0 Å². The summed E-state index contributed by atoms with van der Waals surface area (Å²) in [6.45, 7) is 0. The molecule has 0 unspecified atom stereocenters. The summed E-state index contributed by atoms with van der Waals surface area (Å²) >= 11 is 0. The van der Waals surface area contributed by atoms with Crippen molar-refractivity contribution in [3.8, 4) is 0 Å². The molecule has 0 saturated carbocycles. The van der Waals surface area contributed by atoms with E-state index in [0.29, 0.717) is 0 Å². The Labute approximate surface area is 95.6 Å². The Kier molecular flexibility index (Phi) is 243. The molecule has 0 spiro atoms. The third kappa shape index (κ3) is 19.4. The van der Waals surface area contributed by atoms with E-state index in [2.05, 4.69) is 0 Å². The van der Waals surface area contributed by atoms with Crippen LogP contribution in [0.2, 0.25) is 0 Å². The van der Waals surface area contributed by atoms with Crippen LogP contribution in [0, 0.1) is 0 Å². The van der Waals surface area contributed by atoms with Gasteiger partial charge in [-0.1, -0.05) is 0 Å². The summed E-state index contributed by atoms with van der Waals surface area (Å²) in [6, 6.07) is 0. The zero-order chi connectivity index (χ0) is 0. The molecule has 5 heavy (non-hydrogen) atoms. The minimum atomic E-state index is 0. The third-order valence-electron chi connectivity index (χ3n) is 0. The molecule has 1 nitrogen and oxygen atoms in total. The van der Waals surface area contributed by atoms with Crippen molar-refractivity contribution in [3.05, 3.63) is 0 Å². The van der Waals surface area contributed by atoms with Crippen LogP contribution in [0.5, 0.6) is 0 Å². The molecule has 2 N–H and O–H groups in total. The maximum absolute atomic E-state index is 0. The predicted octanol–water partition coefficient (Wildman–Crippen LogP) is -4.11. The van der Waals surface area contributed by atoms with Crippen molar-refractivity contribution >= 4 is 69.5 Å². The molecule has 0 amide bonds. The summed E-state index contributed by atoms with van der Waals surface area (Å²) in [6.07, 6.45) is 0. The SMILES string of the molecule is O.[GaH3].[InH3].[Nb].[SnH2]. The van der Waals surface area contributed by atoms with Crippen molar-refractivity contribution in [1.82, 2.24) is 0 Å². The van der Waals surface area contributed by atoms with Gasteiger partial charge in [0.15, 0.2) is 0 Å². The average molecular weight is 422 g/mol. The second-order valence-corrected chi connectivity index (χ2v) is 0. The minimum absolute atomic E-state index is 0. The van der Waals surface area contributed by atoms with Gasteiger partial charge in [-0.3, -0.25) is 0 Å². The second kappa shape index (κ2) is 28.0. The first-order valence-corrected chi connectivity index (χ1v) is 0. The molecule has 0 atom stereocenters. The monoisotopic (exact) mass is 423 g/mol. The van der Waals surface area contributed by atoms with Gasteiger partial charge < -0.3 is 5.48 Å². The fourth-order valence-electron chi connectivity index (χ4n) is 0. The van der Waals surface area contributed by atoms with Crippen LogP contribution in [0.1, 0.15) is 0 Å². The Morgan fingerprint density at radius 2 is 1.00 bits per heavy atom. The van der Waals surface area contributed by atoms with E-state index in [1.807, 2.05) is 0 Å². The Bertz CT molecular complexity index is 11.6. The van der Waals surface area contributed by atoms with E-state index < -0.39 is 0 Å². The molecule has 0 fully saturated rings. The molecule has 0 aliphatic heterocycles. The first-order chi connectivity index (χ1) is 0. The molecule has 0 aromatic carbocycles. The first kappa shape index (κ1) is 43.5. The molecule has 5 heteroatoms. The zero-order valence-corrected chi connectivity index (χ0v) is 7.89. The molecule has 31 valence electrons. The molecule has 0 bridgehead atoms. The first-order valence-electron chi connectivity index (χ1n) is 0. The van der Waals surface area contributed by atoms with Gasteiger partial charge in [-0.2, -0.15) is 0 Å². The van der Waals surface area contributed by atoms with Gasteiger partial charge in [-0.25, -0.2) is 0 Å². The molecular weight excluding hydrogens is 412 g/mol. The van der Waals surface area contributed by atoms with Crippen LogP contribution < -0.4 is 0 Å². The van der Waals surface area contributed by atoms with Crippen LogP contribution in [0.4, 0.5) is 0 Å². The van der Waals surface area contributed by atoms with Crippen LogP contribution in [-0.4, -0.2) is 75.0 Å². The summed E-state index contributed by atoms with van der Waals surface area (Å²) in [5.41, 5.74) is 0. The third-order valence-corrected chi connectivity index (χ3v) is 0. The van der Waals surface area contributed by atoms with Crippen molar-refractivity contribution in [2.75, 3.05) is 0 Å². The summed E-state index contributed by atoms with van der Waals surface area (Å²) in [5, 5.41) is 0. The fourth-order valence-corrected chi connectivity index (χ4v) is 0. The second-order valence-electron chi connectivity index (χ2n) is 0. The quantitative estimate of drug-likeness (QED) is 0.356. The summed E-state index contributed by atoms with van der Waals surface area (Å²) in [7, 11) is 0.